The quantitative estimate of drug-likeness (QED) is 0.283. The van der Waals surface area contributed by atoms with Gasteiger partial charge in [0.2, 0.25) is 0 Å². The maximum absolute atomic E-state index is 13.4. The van der Waals surface area contributed by atoms with Crippen LogP contribution in [0.2, 0.25) is 0 Å². The molecule has 0 amide bonds. The van der Waals surface area contributed by atoms with Crippen molar-refractivity contribution in [1.82, 2.24) is 0 Å². The number of nitrogens with zero attached hydrogens (tertiary/aromatic N) is 1. The monoisotopic (exact) mass is 451 g/mol. The molecule has 0 saturated heterocycles. The number of sulfone groups is 1. The van der Waals surface area contributed by atoms with Crippen LogP contribution in [0.1, 0.15) is 38.3 Å². The summed E-state index contributed by atoms with van der Waals surface area (Å²) in [5.41, 5.74) is 1.84. The molecule has 0 saturated carbocycles. The van der Waals surface area contributed by atoms with Gasteiger partial charge in [-0.2, -0.15) is 0 Å². The van der Waals surface area contributed by atoms with E-state index in [1.54, 1.807) is 43.3 Å². The van der Waals surface area contributed by atoms with Crippen LogP contribution in [-0.2, 0) is 9.84 Å². The minimum absolute atomic E-state index is 0.0204. The molecule has 0 heterocycles. The number of carbonyl (C=O) groups is 2. The van der Waals surface area contributed by atoms with Gasteiger partial charge < -0.3 is 0 Å². The lowest BCUT2D eigenvalue weighted by Crippen LogP contribution is -2.33. The molecule has 0 bridgehead atoms. The summed E-state index contributed by atoms with van der Waals surface area (Å²) in [6.45, 7) is 3.66. The van der Waals surface area contributed by atoms with Crippen molar-refractivity contribution < 1.29 is 22.9 Å². The molecule has 0 N–H and O–H groups in total. The highest BCUT2D eigenvalue weighted by molar-refractivity contribution is 7.92. The number of nitro groups is 1. The van der Waals surface area contributed by atoms with Gasteiger partial charge in [-0.25, -0.2) is 8.42 Å². The van der Waals surface area contributed by atoms with Crippen LogP contribution in [0, 0.1) is 24.0 Å². The van der Waals surface area contributed by atoms with E-state index in [4.69, 9.17) is 0 Å². The number of rotatable bonds is 8. The first-order chi connectivity index (χ1) is 15.1. The van der Waals surface area contributed by atoms with E-state index >= 15 is 0 Å². The molecule has 0 radical (unpaired) electrons. The van der Waals surface area contributed by atoms with Crippen LogP contribution in [-0.4, -0.2) is 30.2 Å². The Morgan fingerprint density at radius 2 is 1.28 bits per heavy atom. The van der Waals surface area contributed by atoms with Crippen LogP contribution in [0.5, 0.6) is 0 Å². The third-order valence-electron chi connectivity index (χ3n) is 5.12. The van der Waals surface area contributed by atoms with Crippen LogP contribution in [0.3, 0.4) is 0 Å². The number of nitro benzene ring substituents is 1. The van der Waals surface area contributed by atoms with E-state index < -0.39 is 38.0 Å². The van der Waals surface area contributed by atoms with E-state index in [0.29, 0.717) is 5.56 Å². The van der Waals surface area contributed by atoms with Gasteiger partial charge in [0, 0.05) is 29.7 Å². The fourth-order valence-electron chi connectivity index (χ4n) is 3.19. The van der Waals surface area contributed by atoms with Crippen molar-refractivity contribution in [3.8, 4) is 0 Å². The minimum Gasteiger partial charge on any atom is -0.294 e. The molecule has 0 fully saturated rings. The fourth-order valence-corrected chi connectivity index (χ4v) is 4.83. The summed E-state index contributed by atoms with van der Waals surface area (Å²) < 4.78 is 26.7. The van der Waals surface area contributed by atoms with Crippen molar-refractivity contribution in [3.05, 3.63) is 105 Å². The van der Waals surface area contributed by atoms with Gasteiger partial charge in [-0.3, -0.25) is 19.7 Å². The number of hydrogen-bond donors (Lipinski definition) is 0. The lowest BCUT2D eigenvalue weighted by atomic mass is 10.0. The third-order valence-corrected chi connectivity index (χ3v) is 7.18. The molecule has 0 aromatic heterocycles. The average molecular weight is 452 g/mol. The number of Topliss-reactive ketones (excluding diaryl/α,β-unsaturated/α-hetero) is 2. The molecule has 164 valence electrons. The molecule has 3 rings (SSSR count). The van der Waals surface area contributed by atoms with Gasteiger partial charge in [0.1, 0.15) is 5.25 Å². The lowest BCUT2D eigenvalue weighted by Gasteiger charge is -2.17. The van der Waals surface area contributed by atoms with Crippen molar-refractivity contribution in [1.29, 1.82) is 0 Å². The van der Waals surface area contributed by atoms with E-state index in [0.717, 1.165) is 23.3 Å². The first-order valence-electron chi connectivity index (χ1n) is 9.78. The molecular weight excluding hydrogens is 430 g/mol. The van der Waals surface area contributed by atoms with E-state index in [-0.39, 0.29) is 16.1 Å². The van der Waals surface area contributed by atoms with E-state index in [1.807, 2.05) is 6.92 Å². The first kappa shape index (κ1) is 23.0. The number of carbonyl (C=O) groups excluding carboxylic acids is 2. The van der Waals surface area contributed by atoms with Crippen molar-refractivity contribution >= 4 is 27.1 Å². The Kier molecular flexibility index (Phi) is 6.64. The van der Waals surface area contributed by atoms with Crippen molar-refractivity contribution in [2.24, 2.45) is 0 Å². The van der Waals surface area contributed by atoms with Crippen LogP contribution in [0.15, 0.2) is 77.7 Å². The highest BCUT2D eigenvalue weighted by Crippen LogP contribution is 2.25. The predicted molar refractivity (Wildman–Crippen MR) is 120 cm³/mol. The normalized spacial score (nSPS) is 12.2. The van der Waals surface area contributed by atoms with E-state index in [2.05, 4.69) is 0 Å². The molecule has 8 heteroatoms. The van der Waals surface area contributed by atoms with Gasteiger partial charge in [0.25, 0.3) is 5.69 Å². The lowest BCUT2D eigenvalue weighted by molar-refractivity contribution is -0.384. The zero-order valence-corrected chi connectivity index (χ0v) is 18.3. The molecule has 32 heavy (non-hydrogen) atoms. The zero-order chi connectivity index (χ0) is 23.5. The summed E-state index contributed by atoms with van der Waals surface area (Å²) >= 11 is 0. The van der Waals surface area contributed by atoms with Gasteiger partial charge in [-0.1, -0.05) is 47.5 Å². The van der Waals surface area contributed by atoms with Crippen LogP contribution in [0.25, 0.3) is 0 Å². The van der Waals surface area contributed by atoms with Gasteiger partial charge in [0.15, 0.2) is 21.4 Å². The average Bonchev–Trinajstić information content (AvgIpc) is 2.77. The Bertz CT molecular complexity index is 1260. The molecule has 0 unspecified atom stereocenters. The number of benzene rings is 3. The molecule has 0 spiro atoms. The molecule has 0 aliphatic rings. The minimum atomic E-state index is -4.21. The molecule has 7 nitrogen and oxygen atoms in total. The Morgan fingerprint density at radius 3 is 1.78 bits per heavy atom. The van der Waals surface area contributed by atoms with Crippen molar-refractivity contribution in [3.63, 3.8) is 0 Å². The Morgan fingerprint density at radius 1 is 0.812 bits per heavy atom. The Hall–Kier alpha value is -3.65. The summed E-state index contributed by atoms with van der Waals surface area (Å²) in [5, 5.41) is 9.23. The third kappa shape index (κ3) is 4.97. The van der Waals surface area contributed by atoms with Crippen LogP contribution in [0.4, 0.5) is 5.69 Å². The van der Waals surface area contributed by atoms with Crippen molar-refractivity contribution in [2.45, 2.75) is 30.4 Å². The second-order valence-electron chi connectivity index (χ2n) is 7.51. The van der Waals surface area contributed by atoms with Crippen LogP contribution >= 0.6 is 0 Å². The fraction of sp³-hybridized carbons (Fsp3) is 0.167. The van der Waals surface area contributed by atoms with Crippen LogP contribution < -0.4 is 0 Å². The smallest absolute Gasteiger partial charge is 0.269 e. The molecule has 0 aliphatic carbocycles. The summed E-state index contributed by atoms with van der Waals surface area (Å²) in [5.74, 6) is -1.28. The van der Waals surface area contributed by atoms with Gasteiger partial charge >= 0.3 is 0 Å². The van der Waals surface area contributed by atoms with Crippen molar-refractivity contribution in [2.75, 3.05) is 0 Å². The number of non-ortho nitro benzene ring substituents is 1. The summed E-state index contributed by atoms with van der Waals surface area (Å²) in [4.78, 5) is 36.3. The predicted octanol–water partition coefficient (Wildman–Crippen LogP) is 4.51. The maximum atomic E-state index is 13.4. The summed E-state index contributed by atoms with van der Waals surface area (Å²) in [7, 11) is -4.21. The zero-order valence-electron chi connectivity index (χ0n) is 17.5. The molecule has 0 aliphatic heterocycles. The van der Waals surface area contributed by atoms with E-state index in [1.165, 1.54) is 24.3 Å². The number of aryl methyl sites for hydroxylation is 2. The molecular formula is C24H21NO6S. The number of ketones is 2. The van der Waals surface area contributed by atoms with Gasteiger partial charge in [-0.15, -0.1) is 0 Å². The first-order valence-corrected chi connectivity index (χ1v) is 11.3. The second kappa shape index (κ2) is 9.23. The number of hydrogen-bond acceptors (Lipinski definition) is 6. The second-order valence-corrected chi connectivity index (χ2v) is 9.64. The maximum Gasteiger partial charge on any atom is 0.269 e. The molecule has 3 aromatic carbocycles. The SMILES string of the molecule is Cc1ccc(C(=O)C[C@H](C(=O)c2ccc([N+](=O)[O-])cc2)S(=O)(=O)c2ccc(C)cc2)cc1. The van der Waals surface area contributed by atoms with E-state index in [9.17, 15) is 28.1 Å². The Labute approximate surface area is 185 Å². The summed E-state index contributed by atoms with van der Waals surface area (Å²) in [6, 6.07) is 17.3. The van der Waals surface area contributed by atoms with Gasteiger partial charge in [0.05, 0.1) is 9.82 Å². The van der Waals surface area contributed by atoms with Gasteiger partial charge in [-0.05, 0) is 38.1 Å². The Balaban J connectivity index is 2.02. The molecule has 1 atom stereocenters. The highest BCUT2D eigenvalue weighted by atomic mass is 32.2. The standard InChI is InChI=1S/C24H21NO6S/c1-16-3-7-18(8-4-16)22(26)15-23(32(30,31)21-13-5-17(2)6-14-21)24(27)19-9-11-20(12-10-19)25(28)29/h3-14,23H,15H2,1-2H3/t23-/m1/s1. The summed E-state index contributed by atoms with van der Waals surface area (Å²) in [6.07, 6.45) is -0.547. The largest absolute Gasteiger partial charge is 0.294 e. The highest BCUT2D eigenvalue weighted by Gasteiger charge is 2.36. The topological polar surface area (TPSA) is 111 Å². The molecule has 3 aromatic rings.